The fourth-order valence-corrected chi connectivity index (χ4v) is 1.60. The van der Waals surface area contributed by atoms with E-state index in [4.69, 9.17) is 4.84 Å². The first-order valence-corrected chi connectivity index (χ1v) is 6.57. The van der Waals surface area contributed by atoms with E-state index in [-0.39, 0.29) is 12.3 Å². The van der Waals surface area contributed by atoms with Crippen molar-refractivity contribution in [3.05, 3.63) is 48.6 Å². The Balaban J connectivity index is 2.83. The van der Waals surface area contributed by atoms with Crippen molar-refractivity contribution in [2.24, 2.45) is 0 Å². The van der Waals surface area contributed by atoms with Gasteiger partial charge < -0.3 is 4.84 Å². The van der Waals surface area contributed by atoms with Crippen LogP contribution in [0.4, 0.5) is 0 Å². The van der Waals surface area contributed by atoms with Crippen LogP contribution >= 0.6 is 0 Å². The van der Waals surface area contributed by atoms with Crippen molar-refractivity contribution in [1.29, 1.82) is 0 Å². The Morgan fingerprint density at radius 3 is 2.35 bits per heavy atom. The number of hydrogen-bond acceptors (Lipinski definition) is 3. The van der Waals surface area contributed by atoms with Gasteiger partial charge in [0.25, 0.3) is 5.91 Å². The van der Waals surface area contributed by atoms with Gasteiger partial charge in [-0.1, -0.05) is 24.3 Å². The van der Waals surface area contributed by atoms with Gasteiger partial charge in [-0.25, -0.2) is 4.79 Å². The monoisotopic (exact) mass is 275 g/mol. The molecule has 0 aromatic heterocycles. The highest BCUT2D eigenvalue weighted by molar-refractivity contribution is 5.90. The van der Waals surface area contributed by atoms with Crippen LogP contribution in [-0.4, -0.2) is 22.5 Å². The number of benzene rings is 1. The Bertz CT molecular complexity index is 474. The lowest BCUT2D eigenvalue weighted by atomic mass is 10.1. The topological polar surface area (TPSA) is 46.6 Å². The maximum absolute atomic E-state index is 12.1. The van der Waals surface area contributed by atoms with Gasteiger partial charge in [-0.15, -0.1) is 6.58 Å². The van der Waals surface area contributed by atoms with Crippen LogP contribution in [0.5, 0.6) is 0 Å². The molecule has 0 radical (unpaired) electrons. The fourth-order valence-electron chi connectivity index (χ4n) is 1.60. The highest BCUT2D eigenvalue weighted by Crippen LogP contribution is 2.18. The summed E-state index contributed by atoms with van der Waals surface area (Å²) in [7, 11) is 0. The van der Waals surface area contributed by atoms with Crippen LogP contribution in [0.2, 0.25) is 0 Å². The van der Waals surface area contributed by atoms with E-state index in [2.05, 4.69) is 6.58 Å². The first kappa shape index (κ1) is 16.0. The molecular weight excluding hydrogens is 254 g/mol. The number of allylic oxidation sites excluding steroid dienone is 1. The Hall–Kier alpha value is -2.10. The summed E-state index contributed by atoms with van der Waals surface area (Å²) < 4.78 is 0. The molecule has 0 aliphatic rings. The Labute approximate surface area is 120 Å². The van der Waals surface area contributed by atoms with Crippen molar-refractivity contribution < 1.29 is 14.4 Å². The summed E-state index contributed by atoms with van der Waals surface area (Å²) in [5, 5.41) is 1.14. The fraction of sp³-hybridized carbons (Fsp3) is 0.375. The molecule has 1 aromatic rings. The van der Waals surface area contributed by atoms with Gasteiger partial charge in [-0.2, -0.15) is 5.06 Å². The first-order chi connectivity index (χ1) is 9.36. The third kappa shape index (κ3) is 4.53. The van der Waals surface area contributed by atoms with E-state index < -0.39 is 11.5 Å². The Morgan fingerprint density at radius 1 is 1.25 bits per heavy atom. The molecule has 1 aromatic carbocycles. The molecule has 0 saturated carbocycles. The van der Waals surface area contributed by atoms with Gasteiger partial charge in [-0.3, -0.25) is 4.79 Å². The van der Waals surface area contributed by atoms with Crippen LogP contribution in [-0.2, 0) is 9.63 Å². The maximum Gasteiger partial charge on any atom is 0.363 e. The molecule has 0 aliphatic heterocycles. The summed E-state index contributed by atoms with van der Waals surface area (Å²) in [6.45, 7) is 9.03. The van der Waals surface area contributed by atoms with Crippen LogP contribution in [0.15, 0.2) is 43.0 Å². The van der Waals surface area contributed by atoms with E-state index in [1.165, 1.54) is 0 Å². The van der Waals surface area contributed by atoms with Crippen LogP contribution in [0, 0.1) is 0 Å². The second kappa shape index (κ2) is 6.89. The van der Waals surface area contributed by atoms with Gasteiger partial charge in [0.1, 0.15) is 0 Å². The minimum Gasteiger partial charge on any atom is -0.332 e. The van der Waals surface area contributed by atoms with E-state index in [0.29, 0.717) is 12.0 Å². The normalized spacial score (nSPS) is 10.8. The second-order valence-corrected chi connectivity index (χ2v) is 5.43. The molecule has 0 aliphatic carbocycles. The summed E-state index contributed by atoms with van der Waals surface area (Å²) in [5.74, 6) is -0.769. The molecule has 0 saturated heterocycles. The SMILES string of the molecule is C=CCCC(=O)N(OC(=O)c1ccccc1)C(C)(C)C. The quantitative estimate of drug-likeness (QED) is 0.625. The van der Waals surface area contributed by atoms with Crippen molar-refractivity contribution in [1.82, 2.24) is 5.06 Å². The third-order valence-corrected chi connectivity index (χ3v) is 2.58. The summed E-state index contributed by atoms with van der Waals surface area (Å²) >= 11 is 0. The predicted octanol–water partition coefficient (Wildman–Crippen LogP) is 3.35. The Kier molecular flexibility index (Phi) is 5.50. The molecule has 20 heavy (non-hydrogen) atoms. The van der Waals surface area contributed by atoms with Gasteiger partial charge in [0.15, 0.2) is 0 Å². The Morgan fingerprint density at radius 2 is 1.85 bits per heavy atom. The van der Waals surface area contributed by atoms with E-state index in [0.717, 1.165) is 5.06 Å². The highest BCUT2D eigenvalue weighted by Gasteiger charge is 2.30. The van der Waals surface area contributed by atoms with Gasteiger partial charge in [0, 0.05) is 6.42 Å². The summed E-state index contributed by atoms with van der Waals surface area (Å²) in [5.41, 5.74) is -0.179. The average molecular weight is 275 g/mol. The smallest absolute Gasteiger partial charge is 0.332 e. The zero-order valence-corrected chi connectivity index (χ0v) is 12.3. The molecule has 0 fully saturated rings. The van der Waals surface area contributed by atoms with Crippen molar-refractivity contribution in [2.75, 3.05) is 0 Å². The van der Waals surface area contributed by atoms with E-state index in [9.17, 15) is 9.59 Å². The summed E-state index contributed by atoms with van der Waals surface area (Å²) in [4.78, 5) is 29.4. The number of rotatable bonds is 4. The molecule has 1 amide bonds. The van der Waals surface area contributed by atoms with Gasteiger partial charge in [0.2, 0.25) is 0 Å². The summed E-state index contributed by atoms with van der Waals surface area (Å²) in [6.07, 6.45) is 2.48. The molecule has 0 unspecified atom stereocenters. The highest BCUT2D eigenvalue weighted by atomic mass is 16.7. The predicted molar refractivity (Wildman–Crippen MR) is 77.9 cm³/mol. The standard InChI is InChI=1S/C16H21NO3/c1-5-6-12-14(18)17(16(2,3)4)20-15(19)13-10-8-7-9-11-13/h5,7-11H,1,6,12H2,2-4H3. The number of hydroxylamine groups is 2. The molecule has 0 bridgehead atoms. The molecule has 108 valence electrons. The minimum atomic E-state index is -0.595. The van der Waals surface area contributed by atoms with E-state index in [1.807, 2.05) is 26.8 Å². The van der Waals surface area contributed by atoms with Crippen LogP contribution in [0.3, 0.4) is 0 Å². The minimum absolute atomic E-state index is 0.235. The molecule has 4 nitrogen and oxygen atoms in total. The average Bonchev–Trinajstić information content (AvgIpc) is 2.41. The number of amides is 1. The zero-order valence-electron chi connectivity index (χ0n) is 12.3. The van der Waals surface area contributed by atoms with Gasteiger partial charge in [0.05, 0.1) is 11.1 Å². The number of carbonyl (C=O) groups excluding carboxylic acids is 2. The van der Waals surface area contributed by atoms with Crippen molar-refractivity contribution in [2.45, 2.75) is 39.2 Å². The third-order valence-electron chi connectivity index (χ3n) is 2.58. The molecule has 0 heterocycles. The van der Waals surface area contributed by atoms with E-state index >= 15 is 0 Å². The van der Waals surface area contributed by atoms with E-state index in [1.54, 1.807) is 30.3 Å². The van der Waals surface area contributed by atoms with Gasteiger partial charge in [-0.05, 0) is 39.3 Å². The van der Waals surface area contributed by atoms with Crippen molar-refractivity contribution in [3.63, 3.8) is 0 Å². The lowest BCUT2D eigenvalue weighted by molar-refractivity contribution is -0.188. The van der Waals surface area contributed by atoms with Gasteiger partial charge >= 0.3 is 5.97 Å². The number of nitrogens with zero attached hydrogens (tertiary/aromatic N) is 1. The molecule has 1 rings (SSSR count). The second-order valence-electron chi connectivity index (χ2n) is 5.43. The lowest BCUT2D eigenvalue weighted by Gasteiger charge is -2.33. The lowest BCUT2D eigenvalue weighted by Crippen LogP contribution is -2.46. The molecule has 4 heteroatoms. The first-order valence-electron chi connectivity index (χ1n) is 6.57. The summed E-state index contributed by atoms with van der Waals surface area (Å²) in [6, 6.07) is 8.61. The largest absolute Gasteiger partial charge is 0.363 e. The maximum atomic E-state index is 12.1. The number of carbonyl (C=O) groups is 2. The van der Waals surface area contributed by atoms with Crippen molar-refractivity contribution >= 4 is 11.9 Å². The molecular formula is C16H21NO3. The van der Waals surface area contributed by atoms with Crippen LogP contribution < -0.4 is 0 Å². The van der Waals surface area contributed by atoms with Crippen LogP contribution in [0.25, 0.3) is 0 Å². The molecule has 0 N–H and O–H groups in total. The zero-order chi connectivity index (χ0) is 15.2. The van der Waals surface area contributed by atoms with Crippen LogP contribution in [0.1, 0.15) is 44.0 Å². The van der Waals surface area contributed by atoms with Crippen molar-refractivity contribution in [3.8, 4) is 0 Å². The number of hydrogen-bond donors (Lipinski definition) is 0. The molecule has 0 atom stereocenters. The molecule has 0 spiro atoms.